The number of aliphatic hydroxyl groups is 1. The molecule has 0 aliphatic heterocycles. The zero-order valence-electron chi connectivity index (χ0n) is 8.14. The first kappa shape index (κ1) is 12.4. The number of benzene rings is 1. The lowest BCUT2D eigenvalue weighted by atomic mass is 10.3. The normalized spacial score (nSPS) is 8.14. The first-order valence-corrected chi connectivity index (χ1v) is 4.24. The van der Waals surface area contributed by atoms with Crippen LogP contribution in [-0.2, 0) is 4.79 Å². The van der Waals surface area contributed by atoms with Crippen LogP contribution >= 0.6 is 0 Å². The molecule has 1 aromatic rings. The second-order valence-electron chi connectivity index (χ2n) is 2.29. The molecule has 0 aliphatic rings. The quantitative estimate of drug-likeness (QED) is 0.688. The van der Waals surface area contributed by atoms with Crippen LogP contribution in [0.25, 0.3) is 0 Å². The van der Waals surface area contributed by atoms with E-state index in [2.05, 4.69) is 5.32 Å². The zero-order chi connectivity index (χ0) is 10.6. The molecule has 0 saturated carbocycles. The summed E-state index contributed by atoms with van der Waals surface area (Å²) < 4.78 is 5.11. The number of hydrogen-bond donors (Lipinski definition) is 2. The van der Waals surface area contributed by atoms with Gasteiger partial charge in [-0.3, -0.25) is 4.79 Å². The Kier molecular flexibility index (Phi) is 8.48. The summed E-state index contributed by atoms with van der Waals surface area (Å²) >= 11 is 0. The van der Waals surface area contributed by atoms with Crippen molar-refractivity contribution in [3.8, 4) is 5.75 Å². The van der Waals surface area contributed by atoms with Crippen molar-refractivity contribution in [1.82, 2.24) is 5.32 Å². The van der Waals surface area contributed by atoms with Gasteiger partial charge < -0.3 is 15.2 Å². The lowest BCUT2D eigenvalue weighted by molar-refractivity contribution is -0.109. The molecule has 0 spiro atoms. The van der Waals surface area contributed by atoms with Gasteiger partial charge >= 0.3 is 0 Å². The first-order chi connectivity index (χ1) is 6.85. The first-order valence-electron chi connectivity index (χ1n) is 4.24. The Hall–Kier alpha value is -1.55. The molecule has 4 nitrogen and oxygen atoms in total. The van der Waals surface area contributed by atoms with Gasteiger partial charge in [0.1, 0.15) is 12.4 Å². The van der Waals surface area contributed by atoms with Crippen LogP contribution in [0.2, 0.25) is 0 Å². The van der Waals surface area contributed by atoms with Gasteiger partial charge in [-0.1, -0.05) is 18.2 Å². The third-order valence-corrected chi connectivity index (χ3v) is 1.22. The Morgan fingerprint density at radius 2 is 2.00 bits per heavy atom. The van der Waals surface area contributed by atoms with E-state index in [1.807, 2.05) is 30.3 Å². The van der Waals surface area contributed by atoms with Gasteiger partial charge in [0.05, 0.1) is 6.61 Å². The number of nitrogens with one attached hydrogen (secondary N) is 1. The third-order valence-electron chi connectivity index (χ3n) is 1.22. The fourth-order valence-electron chi connectivity index (χ4n) is 0.680. The molecular formula is C10H15NO3. The van der Waals surface area contributed by atoms with E-state index in [-0.39, 0.29) is 6.61 Å². The number of ether oxygens (including phenoxy) is 1. The van der Waals surface area contributed by atoms with Gasteiger partial charge in [0.2, 0.25) is 6.41 Å². The second-order valence-corrected chi connectivity index (χ2v) is 2.29. The maximum Gasteiger partial charge on any atom is 0.206 e. The molecular weight excluding hydrogens is 182 g/mol. The second kappa shape index (κ2) is 9.54. The lowest BCUT2D eigenvalue weighted by Crippen LogP contribution is -2.00. The van der Waals surface area contributed by atoms with Crippen molar-refractivity contribution in [2.45, 2.75) is 0 Å². The molecule has 0 fully saturated rings. The number of carbonyl (C=O) groups excluding carboxylic acids is 1. The highest BCUT2D eigenvalue weighted by atomic mass is 16.5. The van der Waals surface area contributed by atoms with Crippen molar-refractivity contribution in [2.24, 2.45) is 0 Å². The smallest absolute Gasteiger partial charge is 0.206 e. The van der Waals surface area contributed by atoms with E-state index in [0.717, 1.165) is 5.75 Å². The molecule has 0 saturated heterocycles. The van der Waals surface area contributed by atoms with Crippen molar-refractivity contribution < 1.29 is 14.6 Å². The summed E-state index contributed by atoms with van der Waals surface area (Å²) in [4.78, 5) is 9.06. The van der Waals surface area contributed by atoms with Gasteiger partial charge in [0.25, 0.3) is 0 Å². The fraction of sp³-hybridized carbons (Fsp3) is 0.300. The number of rotatable bonds is 4. The molecule has 78 valence electrons. The monoisotopic (exact) mass is 197 g/mol. The maximum absolute atomic E-state index is 9.06. The zero-order valence-corrected chi connectivity index (χ0v) is 8.14. The van der Waals surface area contributed by atoms with E-state index >= 15 is 0 Å². The van der Waals surface area contributed by atoms with Crippen molar-refractivity contribution in [3.63, 3.8) is 0 Å². The van der Waals surface area contributed by atoms with Crippen molar-refractivity contribution >= 4 is 6.41 Å². The molecule has 0 aliphatic carbocycles. The number of hydrogen-bond acceptors (Lipinski definition) is 3. The molecule has 1 aromatic carbocycles. The summed E-state index contributed by atoms with van der Waals surface area (Å²) in [5, 5.41) is 10.7. The number of carbonyl (C=O) groups is 1. The van der Waals surface area contributed by atoms with E-state index in [1.165, 1.54) is 0 Å². The Bertz CT molecular complexity index is 226. The van der Waals surface area contributed by atoms with E-state index in [0.29, 0.717) is 13.0 Å². The minimum Gasteiger partial charge on any atom is -0.491 e. The largest absolute Gasteiger partial charge is 0.491 e. The Morgan fingerprint density at radius 1 is 1.43 bits per heavy atom. The number of aliphatic hydroxyl groups excluding tert-OH is 1. The predicted octanol–water partition coefficient (Wildman–Crippen LogP) is 0.420. The van der Waals surface area contributed by atoms with Crippen LogP contribution in [0.1, 0.15) is 0 Å². The Labute approximate surface area is 83.5 Å². The SMILES string of the molecule is CNC=O.OCCOc1ccccc1. The van der Waals surface area contributed by atoms with Gasteiger partial charge in [-0.2, -0.15) is 0 Å². The van der Waals surface area contributed by atoms with Crippen LogP contribution in [0.3, 0.4) is 0 Å². The van der Waals surface area contributed by atoms with Gasteiger partial charge in [0.15, 0.2) is 0 Å². The molecule has 14 heavy (non-hydrogen) atoms. The van der Waals surface area contributed by atoms with Crippen LogP contribution in [0.15, 0.2) is 30.3 Å². The van der Waals surface area contributed by atoms with Gasteiger partial charge in [0, 0.05) is 7.05 Å². The molecule has 0 bridgehead atoms. The molecule has 4 heteroatoms. The molecule has 0 radical (unpaired) electrons. The molecule has 0 heterocycles. The Morgan fingerprint density at radius 3 is 2.43 bits per heavy atom. The number of para-hydroxylation sites is 1. The standard InChI is InChI=1S/C8H10O2.C2H5NO/c9-6-7-10-8-4-2-1-3-5-8;1-3-2-4/h1-5,9H,6-7H2;2H,1H3,(H,3,4). The Balaban J connectivity index is 0.000000364. The van der Waals surface area contributed by atoms with E-state index < -0.39 is 0 Å². The molecule has 0 unspecified atom stereocenters. The summed E-state index contributed by atoms with van der Waals surface area (Å²) in [6.07, 6.45) is 0.625. The minimum atomic E-state index is 0.0644. The molecule has 0 atom stereocenters. The van der Waals surface area contributed by atoms with Gasteiger partial charge in [-0.25, -0.2) is 0 Å². The minimum absolute atomic E-state index is 0.0644. The summed E-state index contributed by atoms with van der Waals surface area (Å²) in [5.74, 6) is 0.802. The summed E-state index contributed by atoms with van der Waals surface area (Å²) in [5.41, 5.74) is 0. The van der Waals surface area contributed by atoms with E-state index in [1.54, 1.807) is 7.05 Å². The fourth-order valence-corrected chi connectivity index (χ4v) is 0.680. The lowest BCUT2D eigenvalue weighted by Gasteiger charge is -2.01. The molecule has 1 rings (SSSR count). The van der Waals surface area contributed by atoms with Gasteiger partial charge in [-0.05, 0) is 12.1 Å². The molecule has 1 amide bonds. The van der Waals surface area contributed by atoms with Crippen molar-refractivity contribution in [2.75, 3.05) is 20.3 Å². The van der Waals surface area contributed by atoms with Crippen LogP contribution in [0.5, 0.6) is 5.75 Å². The molecule has 0 aromatic heterocycles. The number of amides is 1. The van der Waals surface area contributed by atoms with Crippen LogP contribution in [-0.4, -0.2) is 31.8 Å². The third kappa shape index (κ3) is 7.12. The highest BCUT2D eigenvalue weighted by Gasteiger charge is 1.86. The van der Waals surface area contributed by atoms with Gasteiger partial charge in [-0.15, -0.1) is 0 Å². The van der Waals surface area contributed by atoms with E-state index in [9.17, 15) is 0 Å². The van der Waals surface area contributed by atoms with Crippen LogP contribution in [0, 0.1) is 0 Å². The van der Waals surface area contributed by atoms with Crippen molar-refractivity contribution in [1.29, 1.82) is 0 Å². The van der Waals surface area contributed by atoms with Crippen LogP contribution in [0.4, 0.5) is 0 Å². The average molecular weight is 197 g/mol. The van der Waals surface area contributed by atoms with Crippen LogP contribution < -0.4 is 10.1 Å². The highest BCUT2D eigenvalue weighted by molar-refractivity contribution is 5.44. The topological polar surface area (TPSA) is 58.6 Å². The predicted molar refractivity (Wildman–Crippen MR) is 54.1 cm³/mol. The average Bonchev–Trinajstić information content (AvgIpc) is 2.28. The summed E-state index contributed by atoms with van der Waals surface area (Å²) in [6.45, 7) is 0.429. The van der Waals surface area contributed by atoms with Crippen molar-refractivity contribution in [3.05, 3.63) is 30.3 Å². The summed E-state index contributed by atoms with van der Waals surface area (Å²) in [7, 11) is 1.56. The molecule has 2 N–H and O–H groups in total. The van der Waals surface area contributed by atoms with E-state index in [4.69, 9.17) is 14.6 Å². The maximum atomic E-state index is 9.06. The highest BCUT2D eigenvalue weighted by Crippen LogP contribution is 2.06. The summed E-state index contributed by atoms with van der Waals surface area (Å²) in [6, 6.07) is 9.43.